The predicted octanol–water partition coefficient (Wildman–Crippen LogP) is 3.15. The van der Waals surface area contributed by atoms with E-state index in [0.29, 0.717) is 17.9 Å². The first-order chi connectivity index (χ1) is 12.1. The summed E-state index contributed by atoms with van der Waals surface area (Å²) in [6.45, 7) is 9.35. The van der Waals surface area contributed by atoms with Crippen molar-refractivity contribution in [1.29, 1.82) is 0 Å². The second kappa shape index (κ2) is 7.68. The number of anilines is 1. The largest absolute Gasteiger partial charge is 0.365 e. The van der Waals surface area contributed by atoms with E-state index in [9.17, 15) is 4.79 Å². The SMILES string of the molecule is CCn1nc(C)c(CNc2ncccc2C(=O)N2CCCCC2)c1C. The van der Waals surface area contributed by atoms with Crippen LogP contribution in [0.2, 0.25) is 0 Å². The Balaban J connectivity index is 1.77. The lowest BCUT2D eigenvalue weighted by Crippen LogP contribution is -2.36. The molecule has 134 valence electrons. The molecule has 25 heavy (non-hydrogen) atoms. The van der Waals surface area contributed by atoms with Crippen LogP contribution < -0.4 is 5.32 Å². The first kappa shape index (κ1) is 17.5. The summed E-state index contributed by atoms with van der Waals surface area (Å²) in [4.78, 5) is 19.2. The summed E-state index contributed by atoms with van der Waals surface area (Å²) in [5.74, 6) is 0.731. The minimum absolute atomic E-state index is 0.0768. The van der Waals surface area contributed by atoms with Gasteiger partial charge in [-0.15, -0.1) is 0 Å². The monoisotopic (exact) mass is 341 g/mol. The highest BCUT2D eigenvalue weighted by molar-refractivity contribution is 5.98. The Morgan fingerprint density at radius 2 is 2.00 bits per heavy atom. The lowest BCUT2D eigenvalue weighted by Gasteiger charge is -2.27. The average Bonchev–Trinajstić information content (AvgIpc) is 2.93. The molecule has 0 saturated carbocycles. The molecule has 1 N–H and O–H groups in total. The number of piperidine rings is 1. The van der Waals surface area contributed by atoms with Gasteiger partial charge in [-0.1, -0.05) is 0 Å². The first-order valence-corrected chi connectivity index (χ1v) is 9.12. The van der Waals surface area contributed by atoms with E-state index < -0.39 is 0 Å². The van der Waals surface area contributed by atoms with E-state index in [2.05, 4.69) is 29.2 Å². The lowest BCUT2D eigenvalue weighted by molar-refractivity contribution is 0.0725. The molecule has 0 aliphatic carbocycles. The molecule has 3 rings (SSSR count). The molecule has 0 atom stereocenters. The van der Waals surface area contributed by atoms with Crippen LogP contribution in [0, 0.1) is 13.8 Å². The highest BCUT2D eigenvalue weighted by Gasteiger charge is 2.21. The second-order valence-electron chi connectivity index (χ2n) is 6.57. The number of carbonyl (C=O) groups excluding carboxylic acids is 1. The summed E-state index contributed by atoms with van der Waals surface area (Å²) in [5.41, 5.74) is 4.01. The normalized spacial score (nSPS) is 14.6. The fraction of sp³-hybridized carbons (Fsp3) is 0.526. The molecule has 2 aromatic heterocycles. The van der Waals surface area contributed by atoms with Gasteiger partial charge in [0, 0.05) is 43.6 Å². The number of likely N-dealkylation sites (tertiary alicyclic amines) is 1. The lowest BCUT2D eigenvalue weighted by atomic mass is 10.1. The van der Waals surface area contributed by atoms with Gasteiger partial charge < -0.3 is 10.2 Å². The summed E-state index contributed by atoms with van der Waals surface area (Å²) in [6.07, 6.45) is 5.11. The van der Waals surface area contributed by atoms with E-state index in [0.717, 1.165) is 43.9 Å². The number of nitrogens with zero attached hydrogens (tertiary/aromatic N) is 4. The van der Waals surface area contributed by atoms with Crippen LogP contribution in [0.15, 0.2) is 18.3 Å². The maximum atomic E-state index is 12.8. The molecule has 1 fully saturated rings. The molecule has 6 heteroatoms. The van der Waals surface area contributed by atoms with Crippen molar-refractivity contribution in [3.63, 3.8) is 0 Å². The van der Waals surface area contributed by atoms with Gasteiger partial charge in [0.25, 0.3) is 5.91 Å². The van der Waals surface area contributed by atoms with Crippen LogP contribution >= 0.6 is 0 Å². The number of amides is 1. The van der Waals surface area contributed by atoms with Crippen LogP contribution in [-0.4, -0.2) is 38.7 Å². The number of aryl methyl sites for hydroxylation is 2. The van der Waals surface area contributed by atoms with Crippen LogP contribution in [0.5, 0.6) is 0 Å². The highest BCUT2D eigenvalue weighted by Crippen LogP contribution is 2.20. The molecule has 2 aromatic rings. The van der Waals surface area contributed by atoms with Gasteiger partial charge >= 0.3 is 0 Å². The molecule has 0 spiro atoms. The number of rotatable bonds is 5. The Kier molecular flexibility index (Phi) is 5.36. The van der Waals surface area contributed by atoms with E-state index >= 15 is 0 Å². The highest BCUT2D eigenvalue weighted by atomic mass is 16.2. The predicted molar refractivity (Wildman–Crippen MR) is 98.7 cm³/mol. The third-order valence-corrected chi connectivity index (χ3v) is 4.94. The Hall–Kier alpha value is -2.37. The molecule has 0 aromatic carbocycles. The number of nitrogens with one attached hydrogen (secondary N) is 1. The van der Waals surface area contributed by atoms with Gasteiger partial charge in [-0.25, -0.2) is 4.98 Å². The number of aromatic nitrogens is 3. The van der Waals surface area contributed by atoms with Crippen LogP contribution in [0.1, 0.15) is 53.5 Å². The Morgan fingerprint density at radius 3 is 2.68 bits per heavy atom. The molecule has 0 bridgehead atoms. The van der Waals surface area contributed by atoms with Gasteiger partial charge in [0.2, 0.25) is 0 Å². The summed E-state index contributed by atoms with van der Waals surface area (Å²) in [5, 5.41) is 7.91. The fourth-order valence-corrected chi connectivity index (χ4v) is 3.46. The summed E-state index contributed by atoms with van der Waals surface area (Å²) in [7, 11) is 0. The van der Waals surface area contributed by atoms with Crippen LogP contribution in [0.3, 0.4) is 0 Å². The van der Waals surface area contributed by atoms with Gasteiger partial charge in [-0.2, -0.15) is 5.10 Å². The van der Waals surface area contributed by atoms with Crippen molar-refractivity contribution in [2.45, 2.75) is 53.1 Å². The number of hydrogen-bond acceptors (Lipinski definition) is 4. The molecule has 1 aliphatic heterocycles. The van der Waals surface area contributed by atoms with E-state index in [1.807, 2.05) is 28.6 Å². The van der Waals surface area contributed by atoms with Gasteiger partial charge in [0.15, 0.2) is 0 Å². The van der Waals surface area contributed by atoms with E-state index in [1.165, 1.54) is 12.0 Å². The van der Waals surface area contributed by atoms with Crippen molar-refractivity contribution in [2.24, 2.45) is 0 Å². The Labute approximate surface area is 149 Å². The second-order valence-corrected chi connectivity index (χ2v) is 6.57. The fourth-order valence-electron chi connectivity index (χ4n) is 3.46. The van der Waals surface area contributed by atoms with E-state index in [-0.39, 0.29) is 5.91 Å². The minimum Gasteiger partial charge on any atom is -0.365 e. The summed E-state index contributed by atoms with van der Waals surface area (Å²) >= 11 is 0. The zero-order valence-electron chi connectivity index (χ0n) is 15.4. The number of hydrogen-bond donors (Lipinski definition) is 1. The minimum atomic E-state index is 0.0768. The van der Waals surface area contributed by atoms with Crippen molar-refractivity contribution >= 4 is 11.7 Å². The van der Waals surface area contributed by atoms with Crippen molar-refractivity contribution in [2.75, 3.05) is 18.4 Å². The summed E-state index contributed by atoms with van der Waals surface area (Å²) < 4.78 is 2.00. The van der Waals surface area contributed by atoms with Crippen LogP contribution in [0.4, 0.5) is 5.82 Å². The molecule has 6 nitrogen and oxygen atoms in total. The smallest absolute Gasteiger partial charge is 0.257 e. The summed E-state index contributed by atoms with van der Waals surface area (Å²) in [6, 6.07) is 3.69. The Bertz CT molecular complexity index is 746. The Morgan fingerprint density at radius 1 is 1.24 bits per heavy atom. The first-order valence-electron chi connectivity index (χ1n) is 9.12. The van der Waals surface area contributed by atoms with Crippen LogP contribution in [-0.2, 0) is 13.1 Å². The molecular formula is C19H27N5O. The number of pyridine rings is 1. The molecule has 1 aliphatic rings. The zero-order valence-corrected chi connectivity index (χ0v) is 15.4. The topological polar surface area (TPSA) is 63.1 Å². The van der Waals surface area contributed by atoms with Crippen molar-refractivity contribution in [1.82, 2.24) is 19.7 Å². The van der Waals surface area contributed by atoms with Gasteiger partial charge in [0.1, 0.15) is 5.82 Å². The molecule has 0 unspecified atom stereocenters. The number of carbonyl (C=O) groups is 1. The van der Waals surface area contributed by atoms with Gasteiger partial charge in [-0.05, 0) is 52.2 Å². The molecule has 1 saturated heterocycles. The quantitative estimate of drug-likeness (QED) is 0.907. The third kappa shape index (κ3) is 3.67. The van der Waals surface area contributed by atoms with E-state index in [1.54, 1.807) is 6.20 Å². The average molecular weight is 341 g/mol. The third-order valence-electron chi connectivity index (χ3n) is 4.94. The maximum absolute atomic E-state index is 12.8. The van der Waals surface area contributed by atoms with Crippen molar-refractivity contribution < 1.29 is 4.79 Å². The molecule has 0 radical (unpaired) electrons. The van der Waals surface area contributed by atoms with Crippen LogP contribution in [0.25, 0.3) is 0 Å². The molecular weight excluding hydrogens is 314 g/mol. The maximum Gasteiger partial charge on any atom is 0.257 e. The van der Waals surface area contributed by atoms with E-state index in [4.69, 9.17) is 0 Å². The molecule has 3 heterocycles. The zero-order chi connectivity index (χ0) is 17.8. The standard InChI is InChI=1S/C19H27N5O/c1-4-24-15(3)17(14(2)22-24)13-21-18-16(9-8-10-20-18)19(25)23-11-6-5-7-12-23/h8-10H,4-7,11-13H2,1-3H3,(H,20,21). The van der Waals surface area contributed by atoms with Gasteiger partial charge in [0.05, 0.1) is 11.3 Å². The van der Waals surface area contributed by atoms with Gasteiger partial charge in [-0.3, -0.25) is 9.48 Å². The van der Waals surface area contributed by atoms with Crippen molar-refractivity contribution in [3.05, 3.63) is 40.8 Å². The van der Waals surface area contributed by atoms with Crippen molar-refractivity contribution in [3.8, 4) is 0 Å². The molecule has 1 amide bonds.